The number of benzene rings is 1. The minimum atomic E-state index is -0.153. The second-order valence-electron chi connectivity index (χ2n) is 7.65. The summed E-state index contributed by atoms with van der Waals surface area (Å²) >= 11 is 0. The lowest BCUT2D eigenvalue weighted by atomic mass is 10.0. The Labute approximate surface area is 196 Å². The van der Waals surface area contributed by atoms with Crippen LogP contribution in [0.4, 0.5) is 23.5 Å². The van der Waals surface area contributed by atoms with Gasteiger partial charge in [0.1, 0.15) is 17.4 Å². The molecule has 3 N–H and O–H groups in total. The highest BCUT2D eigenvalue weighted by molar-refractivity contribution is 5.94. The van der Waals surface area contributed by atoms with Gasteiger partial charge in [-0.3, -0.25) is 14.8 Å². The van der Waals surface area contributed by atoms with E-state index in [1.165, 1.54) is 0 Å². The molecule has 0 bridgehead atoms. The molecule has 0 aliphatic carbocycles. The molecule has 3 heterocycles. The molecule has 1 amide bonds. The molecule has 0 saturated heterocycles. The Morgan fingerprint density at radius 1 is 1.21 bits per heavy atom. The molecule has 34 heavy (non-hydrogen) atoms. The van der Waals surface area contributed by atoms with Crippen molar-refractivity contribution in [2.75, 3.05) is 31.4 Å². The fraction of sp³-hybridized carbons (Fsp3) is 0.261. The summed E-state index contributed by atoms with van der Waals surface area (Å²) in [7, 11) is 5.00. The highest BCUT2D eigenvalue weighted by Gasteiger charge is 2.13. The maximum absolute atomic E-state index is 12.0. The molecule has 0 spiro atoms. The first-order valence-corrected chi connectivity index (χ1v) is 10.7. The number of aryl methyl sites for hydroxylation is 3. The number of hydrogen-bond acceptors (Lipinski definition) is 9. The first-order valence-electron chi connectivity index (χ1n) is 10.7. The van der Waals surface area contributed by atoms with Crippen LogP contribution in [0, 0.1) is 6.92 Å². The molecule has 0 radical (unpaired) electrons. The third-order valence-electron chi connectivity index (χ3n) is 5.14. The van der Waals surface area contributed by atoms with Gasteiger partial charge in [-0.1, -0.05) is 5.16 Å². The summed E-state index contributed by atoms with van der Waals surface area (Å²) in [4.78, 5) is 22.6. The molecular weight excluding hydrogens is 436 g/mol. The summed E-state index contributed by atoms with van der Waals surface area (Å²) in [5.41, 5.74) is 3.20. The van der Waals surface area contributed by atoms with Crippen molar-refractivity contribution in [1.82, 2.24) is 30.6 Å². The van der Waals surface area contributed by atoms with E-state index in [0.29, 0.717) is 47.6 Å². The summed E-state index contributed by atoms with van der Waals surface area (Å²) in [5.74, 6) is 2.81. The van der Waals surface area contributed by atoms with Crippen molar-refractivity contribution in [3.63, 3.8) is 0 Å². The van der Waals surface area contributed by atoms with Crippen LogP contribution in [0.1, 0.15) is 27.3 Å². The van der Waals surface area contributed by atoms with E-state index < -0.39 is 0 Å². The summed E-state index contributed by atoms with van der Waals surface area (Å²) in [6.07, 6.45) is 3.04. The Balaban J connectivity index is 1.41. The fourth-order valence-corrected chi connectivity index (χ4v) is 3.35. The Morgan fingerprint density at radius 2 is 2.06 bits per heavy atom. The topological polar surface area (TPSA) is 134 Å². The van der Waals surface area contributed by atoms with Crippen LogP contribution in [0.15, 0.2) is 47.1 Å². The predicted molar refractivity (Wildman–Crippen MR) is 127 cm³/mol. The van der Waals surface area contributed by atoms with Gasteiger partial charge in [-0.15, -0.1) is 0 Å². The second-order valence-corrected chi connectivity index (χ2v) is 7.65. The van der Waals surface area contributed by atoms with Gasteiger partial charge in [0.2, 0.25) is 11.8 Å². The van der Waals surface area contributed by atoms with Crippen molar-refractivity contribution in [2.45, 2.75) is 19.8 Å². The van der Waals surface area contributed by atoms with Crippen molar-refractivity contribution < 1.29 is 14.1 Å². The summed E-state index contributed by atoms with van der Waals surface area (Å²) < 4.78 is 10.6. The Morgan fingerprint density at radius 3 is 2.79 bits per heavy atom. The number of ether oxygens (including phenoxy) is 1. The average molecular weight is 463 g/mol. The highest BCUT2D eigenvalue weighted by Crippen LogP contribution is 2.23. The van der Waals surface area contributed by atoms with Crippen LogP contribution in [-0.4, -0.2) is 52.4 Å². The van der Waals surface area contributed by atoms with Crippen LogP contribution in [-0.2, 0) is 12.8 Å². The Kier molecular flexibility index (Phi) is 6.72. The number of nitrogens with one attached hydrogen (secondary N) is 3. The van der Waals surface area contributed by atoms with E-state index in [1.807, 2.05) is 38.2 Å². The number of methoxy groups -OCH3 is 1. The van der Waals surface area contributed by atoms with Crippen molar-refractivity contribution in [3.8, 4) is 5.75 Å². The van der Waals surface area contributed by atoms with Crippen LogP contribution < -0.4 is 20.3 Å². The maximum Gasteiger partial charge on any atom is 0.251 e. The van der Waals surface area contributed by atoms with Gasteiger partial charge < -0.3 is 19.9 Å². The summed E-state index contributed by atoms with van der Waals surface area (Å²) in [6.45, 7) is 1.85. The number of carbonyl (C=O) groups excluding carboxylic acids is 1. The third-order valence-corrected chi connectivity index (χ3v) is 5.14. The van der Waals surface area contributed by atoms with Gasteiger partial charge in [-0.2, -0.15) is 10.1 Å². The minimum Gasteiger partial charge on any atom is -0.497 e. The molecule has 0 saturated carbocycles. The standard InChI is InChI=1S/C23H26N8O3/c1-14-9-21(34-30-14)31(3)23-25-8-7-19(27-23)26-20-13-17(28-29-20)6-5-15-10-16(22(32)24-2)12-18(11-15)33-4/h7-13H,5-6H2,1-4H3,(H,24,32)(H2,25,26,27,28,29). The molecule has 0 atom stereocenters. The van der Waals surface area contributed by atoms with Crippen LogP contribution in [0.3, 0.4) is 0 Å². The molecule has 4 aromatic rings. The van der Waals surface area contributed by atoms with Gasteiger partial charge in [0, 0.05) is 38.0 Å². The monoisotopic (exact) mass is 462 g/mol. The number of amides is 1. The maximum atomic E-state index is 12.0. The van der Waals surface area contributed by atoms with Crippen molar-refractivity contribution >= 4 is 29.4 Å². The Bertz CT molecular complexity index is 1280. The lowest BCUT2D eigenvalue weighted by Gasteiger charge is -2.13. The second kappa shape index (κ2) is 10.0. The fourth-order valence-electron chi connectivity index (χ4n) is 3.35. The van der Waals surface area contributed by atoms with Crippen molar-refractivity contribution in [2.24, 2.45) is 0 Å². The number of aromatic amines is 1. The van der Waals surface area contributed by atoms with E-state index in [-0.39, 0.29) is 5.91 Å². The molecular formula is C23H26N8O3. The molecule has 11 nitrogen and oxygen atoms in total. The van der Waals surface area contributed by atoms with E-state index in [9.17, 15) is 4.79 Å². The zero-order valence-corrected chi connectivity index (χ0v) is 19.4. The predicted octanol–water partition coefficient (Wildman–Crippen LogP) is 3.16. The zero-order valence-electron chi connectivity index (χ0n) is 19.4. The number of hydrogen-bond donors (Lipinski definition) is 3. The number of nitrogens with zero attached hydrogens (tertiary/aromatic N) is 5. The van der Waals surface area contributed by atoms with Gasteiger partial charge in [0.05, 0.1) is 18.5 Å². The van der Waals surface area contributed by atoms with Crippen LogP contribution >= 0.6 is 0 Å². The molecule has 0 aliphatic heterocycles. The SMILES string of the molecule is CNC(=O)c1cc(CCc2cc(Nc3ccnc(N(C)c4cc(C)no4)n3)[nH]n2)cc(OC)c1. The smallest absolute Gasteiger partial charge is 0.251 e. The first kappa shape index (κ1) is 22.8. The average Bonchev–Trinajstić information content (AvgIpc) is 3.50. The number of aromatic nitrogens is 5. The van der Waals surface area contributed by atoms with Crippen LogP contribution in [0.2, 0.25) is 0 Å². The molecule has 1 aromatic carbocycles. The molecule has 4 rings (SSSR count). The van der Waals surface area contributed by atoms with E-state index in [1.54, 1.807) is 37.4 Å². The van der Waals surface area contributed by atoms with E-state index >= 15 is 0 Å². The van der Waals surface area contributed by atoms with Crippen molar-refractivity contribution in [1.29, 1.82) is 0 Å². The Hall–Kier alpha value is -4.41. The normalized spacial score (nSPS) is 10.7. The molecule has 0 unspecified atom stereocenters. The van der Waals surface area contributed by atoms with Crippen LogP contribution in [0.5, 0.6) is 5.75 Å². The van der Waals surface area contributed by atoms with E-state index in [0.717, 1.165) is 17.0 Å². The molecule has 0 aliphatic rings. The molecule has 0 fully saturated rings. The molecule has 176 valence electrons. The van der Waals surface area contributed by atoms with Crippen LogP contribution in [0.25, 0.3) is 0 Å². The van der Waals surface area contributed by atoms with Gasteiger partial charge in [-0.05, 0) is 49.6 Å². The first-order chi connectivity index (χ1) is 16.4. The minimum absolute atomic E-state index is 0.153. The van der Waals surface area contributed by atoms with E-state index in [4.69, 9.17) is 9.26 Å². The van der Waals surface area contributed by atoms with Gasteiger partial charge in [0.15, 0.2) is 0 Å². The molecule has 3 aromatic heterocycles. The highest BCUT2D eigenvalue weighted by atomic mass is 16.5. The van der Waals surface area contributed by atoms with Crippen molar-refractivity contribution in [3.05, 3.63) is 65.1 Å². The largest absolute Gasteiger partial charge is 0.497 e. The molecule has 11 heteroatoms. The van der Waals surface area contributed by atoms with Gasteiger partial charge in [0.25, 0.3) is 5.91 Å². The summed E-state index contributed by atoms with van der Waals surface area (Å²) in [6, 6.07) is 11.0. The number of anilines is 4. The van der Waals surface area contributed by atoms with Gasteiger partial charge in [-0.25, -0.2) is 4.98 Å². The number of carbonyl (C=O) groups is 1. The summed E-state index contributed by atoms with van der Waals surface area (Å²) in [5, 5.41) is 17.1. The zero-order chi connectivity index (χ0) is 24.1. The number of rotatable bonds is 9. The van der Waals surface area contributed by atoms with E-state index in [2.05, 4.69) is 36.0 Å². The lowest BCUT2D eigenvalue weighted by molar-refractivity contribution is 0.0962. The van der Waals surface area contributed by atoms with Gasteiger partial charge >= 0.3 is 0 Å². The quantitative estimate of drug-likeness (QED) is 0.343. The lowest BCUT2D eigenvalue weighted by Crippen LogP contribution is -2.18. The number of H-pyrrole nitrogens is 1. The third kappa shape index (κ3) is 5.31.